The molecule has 5 nitrogen and oxygen atoms in total. The molecule has 1 atom stereocenters. The highest BCUT2D eigenvalue weighted by Gasteiger charge is 2.14. The Kier molecular flexibility index (Phi) is 5.45. The van der Waals surface area contributed by atoms with Crippen LogP contribution in [0.4, 0.5) is 0 Å². The summed E-state index contributed by atoms with van der Waals surface area (Å²) in [6.07, 6.45) is 0. The van der Waals surface area contributed by atoms with E-state index in [4.69, 9.17) is 4.74 Å². The summed E-state index contributed by atoms with van der Waals surface area (Å²) in [6.45, 7) is 3.41. The van der Waals surface area contributed by atoms with Gasteiger partial charge in [-0.25, -0.2) is 0 Å². The minimum absolute atomic E-state index is 0.126. The molecule has 1 rings (SSSR count). The van der Waals surface area contributed by atoms with Gasteiger partial charge in [-0.15, -0.1) is 0 Å². The number of hydrogen-bond acceptors (Lipinski definition) is 4. The van der Waals surface area contributed by atoms with Gasteiger partial charge in [0, 0.05) is 6.54 Å². The van der Waals surface area contributed by atoms with Crippen LogP contribution in [0.15, 0.2) is 18.2 Å². The van der Waals surface area contributed by atoms with Crippen molar-refractivity contribution < 1.29 is 14.6 Å². The summed E-state index contributed by atoms with van der Waals surface area (Å²) in [6, 6.07) is 4.84. The van der Waals surface area contributed by atoms with E-state index in [1.54, 1.807) is 18.2 Å². The van der Waals surface area contributed by atoms with Gasteiger partial charge in [0.25, 0.3) is 5.91 Å². The van der Waals surface area contributed by atoms with Crippen LogP contribution in [0.25, 0.3) is 0 Å². The summed E-state index contributed by atoms with van der Waals surface area (Å²) in [5, 5.41) is 15.7. The Hall–Kier alpha value is -1.75. The summed E-state index contributed by atoms with van der Waals surface area (Å²) in [5.74, 6) is 0.200. The second-order valence-corrected chi connectivity index (χ2v) is 4.23. The van der Waals surface area contributed by atoms with Crippen molar-refractivity contribution in [3.05, 3.63) is 23.8 Å². The molecule has 1 aromatic carbocycles. The van der Waals surface area contributed by atoms with Crippen LogP contribution in [-0.4, -0.2) is 38.3 Å². The third-order valence-electron chi connectivity index (χ3n) is 2.63. The first-order valence-corrected chi connectivity index (χ1v) is 5.89. The van der Waals surface area contributed by atoms with Gasteiger partial charge in [0.2, 0.25) is 0 Å². The fourth-order valence-corrected chi connectivity index (χ4v) is 1.65. The molecule has 1 amide bonds. The second-order valence-electron chi connectivity index (χ2n) is 4.23. The lowest BCUT2D eigenvalue weighted by Gasteiger charge is -2.13. The molecule has 0 radical (unpaired) electrons. The number of benzene rings is 1. The Morgan fingerprint density at radius 3 is 2.78 bits per heavy atom. The number of rotatable bonds is 6. The summed E-state index contributed by atoms with van der Waals surface area (Å²) in [7, 11) is 3.32. The van der Waals surface area contributed by atoms with Crippen molar-refractivity contribution in [3.8, 4) is 11.5 Å². The average Bonchev–Trinajstić information content (AvgIpc) is 2.36. The monoisotopic (exact) mass is 252 g/mol. The van der Waals surface area contributed by atoms with Gasteiger partial charge >= 0.3 is 0 Å². The molecular formula is C13H20N2O3. The molecule has 0 aliphatic carbocycles. The first kappa shape index (κ1) is 14.3. The number of aromatic hydroxyl groups is 1. The number of hydrogen-bond donors (Lipinski definition) is 3. The molecule has 100 valence electrons. The largest absolute Gasteiger partial charge is 0.504 e. The minimum Gasteiger partial charge on any atom is -0.504 e. The summed E-state index contributed by atoms with van der Waals surface area (Å²) < 4.78 is 4.96. The van der Waals surface area contributed by atoms with Crippen LogP contribution in [0.5, 0.6) is 11.5 Å². The number of methoxy groups -OCH3 is 1. The third-order valence-corrected chi connectivity index (χ3v) is 2.63. The number of para-hydroxylation sites is 1. The van der Waals surface area contributed by atoms with Gasteiger partial charge in [-0.05, 0) is 31.6 Å². The Bertz CT molecular complexity index is 407. The fraction of sp³-hybridized carbons (Fsp3) is 0.462. The van der Waals surface area contributed by atoms with E-state index in [1.165, 1.54) is 7.11 Å². The van der Waals surface area contributed by atoms with Crippen molar-refractivity contribution in [2.75, 3.05) is 27.2 Å². The van der Waals surface area contributed by atoms with Crippen molar-refractivity contribution in [2.45, 2.75) is 6.92 Å². The molecule has 3 N–H and O–H groups in total. The highest BCUT2D eigenvalue weighted by molar-refractivity contribution is 5.97. The Morgan fingerprint density at radius 1 is 1.44 bits per heavy atom. The van der Waals surface area contributed by atoms with Gasteiger partial charge in [-0.3, -0.25) is 4.79 Å². The molecule has 0 aliphatic rings. The number of amides is 1. The molecule has 0 aliphatic heterocycles. The molecule has 0 saturated heterocycles. The smallest absolute Gasteiger partial charge is 0.255 e. The zero-order valence-electron chi connectivity index (χ0n) is 11.0. The van der Waals surface area contributed by atoms with Gasteiger partial charge in [-0.1, -0.05) is 13.0 Å². The SMILES string of the molecule is CNCC(C)CNC(=O)c1cccc(OC)c1O. The zero-order valence-corrected chi connectivity index (χ0v) is 11.0. The summed E-state index contributed by atoms with van der Waals surface area (Å²) in [5.41, 5.74) is 0.228. The predicted octanol–water partition coefficient (Wildman–Crippen LogP) is 0.986. The Balaban J connectivity index is 2.67. The van der Waals surface area contributed by atoms with Gasteiger partial charge < -0.3 is 20.5 Å². The van der Waals surface area contributed by atoms with Crippen LogP contribution >= 0.6 is 0 Å². The molecule has 0 spiro atoms. The van der Waals surface area contributed by atoms with Crippen molar-refractivity contribution in [2.24, 2.45) is 5.92 Å². The van der Waals surface area contributed by atoms with Gasteiger partial charge in [0.1, 0.15) is 0 Å². The number of phenols is 1. The van der Waals surface area contributed by atoms with Crippen LogP contribution in [0, 0.1) is 5.92 Å². The topological polar surface area (TPSA) is 70.6 Å². The zero-order chi connectivity index (χ0) is 13.5. The molecule has 1 unspecified atom stereocenters. The standard InChI is InChI=1S/C13H20N2O3/c1-9(7-14-2)8-15-13(17)10-5-4-6-11(18-3)12(10)16/h4-6,9,14,16H,7-8H2,1-3H3,(H,15,17). The number of nitrogens with one attached hydrogen (secondary N) is 2. The van der Waals surface area contributed by atoms with E-state index in [0.29, 0.717) is 18.2 Å². The van der Waals surface area contributed by atoms with Gasteiger partial charge in [-0.2, -0.15) is 0 Å². The number of phenolic OH excluding ortho intramolecular Hbond substituents is 1. The van der Waals surface area contributed by atoms with E-state index in [-0.39, 0.29) is 17.2 Å². The highest BCUT2D eigenvalue weighted by atomic mass is 16.5. The first-order valence-electron chi connectivity index (χ1n) is 5.89. The maximum Gasteiger partial charge on any atom is 0.255 e. The molecule has 0 bridgehead atoms. The lowest BCUT2D eigenvalue weighted by atomic mass is 10.1. The predicted molar refractivity (Wildman–Crippen MR) is 70.1 cm³/mol. The van der Waals surface area contributed by atoms with E-state index in [2.05, 4.69) is 10.6 Å². The van der Waals surface area contributed by atoms with E-state index in [9.17, 15) is 9.90 Å². The third kappa shape index (κ3) is 3.63. The van der Waals surface area contributed by atoms with Crippen LogP contribution < -0.4 is 15.4 Å². The molecule has 1 aromatic rings. The molecule has 18 heavy (non-hydrogen) atoms. The molecular weight excluding hydrogens is 232 g/mol. The van der Waals surface area contributed by atoms with Crippen molar-refractivity contribution >= 4 is 5.91 Å². The lowest BCUT2D eigenvalue weighted by molar-refractivity contribution is 0.0945. The van der Waals surface area contributed by atoms with Crippen molar-refractivity contribution in [1.29, 1.82) is 0 Å². The average molecular weight is 252 g/mol. The number of carbonyl (C=O) groups is 1. The van der Waals surface area contributed by atoms with Crippen LogP contribution in [0.2, 0.25) is 0 Å². The van der Waals surface area contributed by atoms with Crippen LogP contribution in [0.3, 0.4) is 0 Å². The maximum absolute atomic E-state index is 11.9. The van der Waals surface area contributed by atoms with Crippen LogP contribution in [-0.2, 0) is 0 Å². The molecule has 0 fully saturated rings. The maximum atomic E-state index is 11.9. The molecule has 0 aromatic heterocycles. The minimum atomic E-state index is -0.297. The van der Waals surface area contributed by atoms with Gasteiger partial charge in [0.15, 0.2) is 11.5 Å². The highest BCUT2D eigenvalue weighted by Crippen LogP contribution is 2.29. The summed E-state index contributed by atoms with van der Waals surface area (Å²) >= 11 is 0. The normalized spacial score (nSPS) is 11.9. The lowest BCUT2D eigenvalue weighted by Crippen LogP contribution is -2.32. The fourth-order valence-electron chi connectivity index (χ4n) is 1.65. The Labute approximate surface area is 107 Å². The van der Waals surface area contributed by atoms with E-state index < -0.39 is 0 Å². The van der Waals surface area contributed by atoms with Gasteiger partial charge in [0.05, 0.1) is 12.7 Å². The number of ether oxygens (including phenoxy) is 1. The van der Waals surface area contributed by atoms with E-state index in [1.807, 2.05) is 14.0 Å². The molecule has 5 heteroatoms. The van der Waals surface area contributed by atoms with Crippen LogP contribution in [0.1, 0.15) is 17.3 Å². The van der Waals surface area contributed by atoms with E-state index >= 15 is 0 Å². The summed E-state index contributed by atoms with van der Waals surface area (Å²) in [4.78, 5) is 11.9. The molecule has 0 heterocycles. The first-order chi connectivity index (χ1) is 8.60. The molecule has 0 saturated carbocycles. The van der Waals surface area contributed by atoms with Crippen molar-refractivity contribution in [3.63, 3.8) is 0 Å². The second kappa shape index (κ2) is 6.86. The van der Waals surface area contributed by atoms with E-state index in [0.717, 1.165) is 6.54 Å². The quantitative estimate of drug-likeness (QED) is 0.706. The Morgan fingerprint density at radius 2 is 2.17 bits per heavy atom. The van der Waals surface area contributed by atoms with Crippen molar-refractivity contribution in [1.82, 2.24) is 10.6 Å². The number of carbonyl (C=O) groups excluding carboxylic acids is 1.